The van der Waals surface area contributed by atoms with Crippen LogP contribution in [0.3, 0.4) is 0 Å². The number of aliphatic hydroxyl groups is 5. The summed E-state index contributed by atoms with van der Waals surface area (Å²) in [5.74, 6) is 0. The van der Waals surface area contributed by atoms with Crippen molar-refractivity contribution < 1.29 is 31.7 Å². The SMILES string of the molecule is [2H][C@@](O)(C=O)[C@@H](O)[C@H](O)[C@H](O)CO. The summed E-state index contributed by atoms with van der Waals surface area (Å²) in [6.45, 7) is -0.854. The highest BCUT2D eigenvalue weighted by atomic mass is 16.4. The maximum Gasteiger partial charge on any atom is 0.151 e. The van der Waals surface area contributed by atoms with E-state index in [0.29, 0.717) is 0 Å². The van der Waals surface area contributed by atoms with Crippen LogP contribution >= 0.6 is 0 Å². The van der Waals surface area contributed by atoms with Gasteiger partial charge in [-0.15, -0.1) is 0 Å². The maximum atomic E-state index is 10.0. The van der Waals surface area contributed by atoms with Crippen molar-refractivity contribution in [2.24, 2.45) is 0 Å². The molecule has 0 aromatic carbocycles. The van der Waals surface area contributed by atoms with Crippen molar-refractivity contribution in [1.82, 2.24) is 0 Å². The van der Waals surface area contributed by atoms with E-state index in [1.165, 1.54) is 0 Å². The Balaban J connectivity index is 4.40. The van der Waals surface area contributed by atoms with Gasteiger partial charge in [0.25, 0.3) is 0 Å². The predicted molar refractivity (Wildman–Crippen MR) is 37.2 cm³/mol. The Morgan fingerprint density at radius 2 is 1.75 bits per heavy atom. The molecule has 0 spiro atoms. The molecular weight excluding hydrogens is 168 g/mol. The molecule has 72 valence electrons. The van der Waals surface area contributed by atoms with Crippen molar-refractivity contribution in [2.75, 3.05) is 6.61 Å². The highest BCUT2D eigenvalue weighted by Crippen LogP contribution is 2.02. The zero-order chi connectivity index (χ0) is 10.6. The topological polar surface area (TPSA) is 118 Å². The predicted octanol–water partition coefficient (Wildman–Crippen LogP) is -3.38. The largest absolute Gasteiger partial charge is 0.394 e. The summed E-state index contributed by atoms with van der Waals surface area (Å²) in [4.78, 5) is 10.0. The quantitative estimate of drug-likeness (QED) is 0.282. The molecule has 5 N–H and O–H groups in total. The molecule has 4 atom stereocenters. The van der Waals surface area contributed by atoms with E-state index in [1.807, 2.05) is 0 Å². The number of aldehydes is 1. The van der Waals surface area contributed by atoms with Crippen LogP contribution in [-0.4, -0.2) is 62.8 Å². The minimum Gasteiger partial charge on any atom is -0.394 e. The first kappa shape index (κ1) is 9.56. The van der Waals surface area contributed by atoms with Crippen LogP contribution in [-0.2, 0) is 4.79 Å². The molecule has 0 aliphatic heterocycles. The zero-order valence-electron chi connectivity index (χ0n) is 7.16. The summed E-state index contributed by atoms with van der Waals surface area (Å²) >= 11 is 0. The van der Waals surface area contributed by atoms with E-state index in [-0.39, 0.29) is 6.29 Å². The molecule has 0 saturated carbocycles. The van der Waals surface area contributed by atoms with Gasteiger partial charge in [0.15, 0.2) is 6.29 Å². The molecule has 0 aliphatic carbocycles. The highest BCUT2D eigenvalue weighted by molar-refractivity contribution is 5.56. The molecule has 12 heavy (non-hydrogen) atoms. The minimum atomic E-state index is -2.89. The normalized spacial score (nSPS) is 24.9. The number of aliphatic hydroxyl groups excluding tert-OH is 4. The molecule has 0 radical (unpaired) electrons. The average Bonchev–Trinajstić information content (AvgIpc) is 2.14. The van der Waals surface area contributed by atoms with E-state index in [1.54, 1.807) is 0 Å². The Morgan fingerprint density at radius 3 is 2.08 bits per heavy atom. The number of hydrogen-bond donors (Lipinski definition) is 5. The summed E-state index contributed by atoms with van der Waals surface area (Å²) in [7, 11) is 0. The number of rotatable bonds is 5. The Bertz CT molecular complexity index is 173. The third-order valence-electron chi connectivity index (χ3n) is 1.33. The Morgan fingerprint density at radius 1 is 1.25 bits per heavy atom. The first-order chi connectivity index (χ1) is 5.86. The molecule has 6 heteroatoms. The molecule has 0 fully saturated rings. The van der Waals surface area contributed by atoms with Crippen LogP contribution in [0.4, 0.5) is 0 Å². The van der Waals surface area contributed by atoms with E-state index < -0.39 is 31.0 Å². The van der Waals surface area contributed by atoms with Crippen molar-refractivity contribution in [2.45, 2.75) is 24.4 Å². The van der Waals surface area contributed by atoms with Crippen molar-refractivity contribution in [3.8, 4) is 0 Å². The third kappa shape index (κ3) is 2.84. The lowest BCUT2D eigenvalue weighted by Crippen LogP contribution is -2.46. The van der Waals surface area contributed by atoms with E-state index in [4.69, 9.17) is 26.9 Å². The first-order valence-corrected chi connectivity index (χ1v) is 3.20. The highest BCUT2D eigenvalue weighted by Gasteiger charge is 2.29. The molecule has 0 aromatic rings. The zero-order valence-corrected chi connectivity index (χ0v) is 6.16. The molecule has 0 bridgehead atoms. The Kier molecular flexibility index (Phi) is 4.12. The molecular formula is C6H12O6. The van der Waals surface area contributed by atoms with Crippen molar-refractivity contribution in [1.29, 1.82) is 0 Å². The standard InChI is InChI=1S/C6H12O6/c7-1-3(9)5(11)6(12)4(10)2-8/h1,3-6,8-12H,2H2/t3-,4-,5-,6-/m1/s1/i3D. The lowest BCUT2D eigenvalue weighted by Gasteiger charge is -2.22. The summed E-state index contributed by atoms with van der Waals surface area (Å²) in [6, 6.07) is 0. The van der Waals surface area contributed by atoms with Crippen LogP contribution in [0.1, 0.15) is 1.37 Å². The molecule has 0 rings (SSSR count). The van der Waals surface area contributed by atoms with Gasteiger partial charge in [-0.25, -0.2) is 0 Å². The summed E-state index contributed by atoms with van der Waals surface area (Å²) < 4.78 is 6.76. The number of carbonyl (C=O) groups is 1. The van der Waals surface area contributed by atoms with Gasteiger partial charge in [-0.1, -0.05) is 0 Å². The summed E-state index contributed by atoms with van der Waals surface area (Å²) in [6.07, 6.45) is -9.03. The van der Waals surface area contributed by atoms with Crippen molar-refractivity contribution >= 4 is 6.29 Å². The first-order valence-electron chi connectivity index (χ1n) is 3.70. The second-order valence-electron chi connectivity index (χ2n) is 2.23. The van der Waals surface area contributed by atoms with Crippen LogP contribution in [0, 0.1) is 0 Å². The van der Waals surface area contributed by atoms with Gasteiger partial charge in [-0.2, -0.15) is 0 Å². The fourth-order valence-electron chi connectivity index (χ4n) is 0.563. The average molecular weight is 181 g/mol. The number of hydrogen-bond acceptors (Lipinski definition) is 6. The van der Waals surface area contributed by atoms with Crippen LogP contribution in [0.15, 0.2) is 0 Å². The van der Waals surface area contributed by atoms with Crippen molar-refractivity contribution in [3.63, 3.8) is 0 Å². The maximum absolute atomic E-state index is 10.0. The van der Waals surface area contributed by atoms with Gasteiger partial charge >= 0.3 is 0 Å². The molecule has 0 aliphatic rings. The second kappa shape index (κ2) is 5.18. The third-order valence-corrected chi connectivity index (χ3v) is 1.33. The molecule has 0 amide bonds. The van der Waals surface area contributed by atoms with Gasteiger partial charge in [0.2, 0.25) is 0 Å². The molecule has 0 saturated heterocycles. The van der Waals surface area contributed by atoms with Crippen LogP contribution in [0.5, 0.6) is 0 Å². The van der Waals surface area contributed by atoms with Crippen LogP contribution in [0.2, 0.25) is 0 Å². The van der Waals surface area contributed by atoms with Gasteiger partial charge in [-0.3, -0.25) is 0 Å². The van der Waals surface area contributed by atoms with E-state index >= 15 is 0 Å². The van der Waals surface area contributed by atoms with E-state index in [9.17, 15) is 4.79 Å². The molecule has 0 aromatic heterocycles. The smallest absolute Gasteiger partial charge is 0.151 e. The minimum absolute atomic E-state index is 0.287. The Hall–Kier alpha value is -0.530. The van der Waals surface area contributed by atoms with Crippen LogP contribution in [0.25, 0.3) is 0 Å². The summed E-state index contributed by atoms with van der Waals surface area (Å²) in [5, 5.41) is 43.8. The van der Waals surface area contributed by atoms with Gasteiger partial charge in [0, 0.05) is 0 Å². The molecule has 6 nitrogen and oxygen atoms in total. The van der Waals surface area contributed by atoms with E-state index in [2.05, 4.69) is 0 Å². The lowest BCUT2D eigenvalue weighted by molar-refractivity contribution is -0.136. The van der Waals surface area contributed by atoms with Crippen LogP contribution < -0.4 is 0 Å². The van der Waals surface area contributed by atoms with E-state index in [0.717, 1.165) is 0 Å². The fraction of sp³-hybridized carbons (Fsp3) is 0.833. The van der Waals surface area contributed by atoms with Gasteiger partial charge in [-0.05, 0) is 0 Å². The molecule has 0 unspecified atom stereocenters. The van der Waals surface area contributed by atoms with Gasteiger partial charge in [0.05, 0.1) is 7.98 Å². The fourth-order valence-corrected chi connectivity index (χ4v) is 0.563. The van der Waals surface area contributed by atoms with Gasteiger partial charge < -0.3 is 30.3 Å². The number of carbonyl (C=O) groups excluding carboxylic acids is 1. The van der Waals surface area contributed by atoms with Crippen molar-refractivity contribution in [3.05, 3.63) is 0 Å². The monoisotopic (exact) mass is 181 g/mol. The second-order valence-corrected chi connectivity index (χ2v) is 2.23. The molecule has 0 heterocycles. The Labute approximate surface area is 70.1 Å². The lowest BCUT2D eigenvalue weighted by atomic mass is 10.0. The van der Waals surface area contributed by atoms with Gasteiger partial charge in [0.1, 0.15) is 24.4 Å². The summed E-state index contributed by atoms with van der Waals surface area (Å²) in [5.41, 5.74) is 0.